The summed E-state index contributed by atoms with van der Waals surface area (Å²) in [5, 5.41) is 8.27. The minimum Gasteiger partial charge on any atom is -0.259 e. The SMILES string of the molecule is CC(C)(C)S(=O)CC(C#N)C(F)(F)F. The first-order valence-electron chi connectivity index (χ1n) is 3.94. The Morgan fingerprint density at radius 2 is 1.79 bits per heavy atom. The summed E-state index contributed by atoms with van der Waals surface area (Å²) in [6, 6.07) is 1.13. The summed E-state index contributed by atoms with van der Waals surface area (Å²) in [5.41, 5.74) is 0. The van der Waals surface area contributed by atoms with Gasteiger partial charge in [-0.2, -0.15) is 18.4 Å². The van der Waals surface area contributed by atoms with Gasteiger partial charge in [0.15, 0.2) is 5.92 Å². The fourth-order valence-electron chi connectivity index (χ4n) is 0.606. The minimum absolute atomic E-state index is 0.649. The second kappa shape index (κ2) is 4.30. The molecule has 0 fully saturated rings. The molecule has 0 rings (SSSR count). The summed E-state index contributed by atoms with van der Waals surface area (Å²) < 4.78 is 47.0. The summed E-state index contributed by atoms with van der Waals surface area (Å²) in [7, 11) is -1.66. The lowest BCUT2D eigenvalue weighted by Crippen LogP contribution is -2.33. The van der Waals surface area contributed by atoms with E-state index in [1.807, 2.05) is 0 Å². The normalized spacial score (nSPS) is 17.2. The van der Waals surface area contributed by atoms with Crippen molar-refractivity contribution >= 4 is 10.8 Å². The van der Waals surface area contributed by atoms with E-state index in [2.05, 4.69) is 0 Å². The number of alkyl halides is 3. The van der Waals surface area contributed by atoms with Gasteiger partial charge in [-0.25, -0.2) is 0 Å². The van der Waals surface area contributed by atoms with E-state index in [1.165, 1.54) is 0 Å². The van der Waals surface area contributed by atoms with Crippen LogP contribution in [0.3, 0.4) is 0 Å². The van der Waals surface area contributed by atoms with Gasteiger partial charge >= 0.3 is 6.18 Å². The number of nitriles is 1. The molecule has 0 aliphatic rings. The van der Waals surface area contributed by atoms with Crippen molar-refractivity contribution in [1.29, 1.82) is 5.26 Å². The molecule has 0 aromatic rings. The van der Waals surface area contributed by atoms with Crippen LogP contribution in [0.25, 0.3) is 0 Å². The molecule has 0 saturated carbocycles. The number of hydrogen-bond acceptors (Lipinski definition) is 2. The predicted molar refractivity (Wildman–Crippen MR) is 47.9 cm³/mol. The maximum absolute atomic E-state index is 12.1. The molecule has 0 radical (unpaired) electrons. The van der Waals surface area contributed by atoms with Crippen LogP contribution in [0, 0.1) is 17.2 Å². The third kappa shape index (κ3) is 4.09. The Balaban J connectivity index is 4.53. The lowest BCUT2D eigenvalue weighted by Gasteiger charge is -2.20. The molecule has 2 unspecified atom stereocenters. The van der Waals surface area contributed by atoms with Crippen LogP contribution in [0.15, 0.2) is 0 Å². The van der Waals surface area contributed by atoms with E-state index < -0.39 is 33.4 Å². The van der Waals surface area contributed by atoms with Gasteiger partial charge in [0, 0.05) is 21.3 Å². The standard InChI is InChI=1S/C8H12F3NOS/c1-7(2,3)14(13)5-6(4-12)8(9,10)11/h6H,5H2,1-3H3. The molecule has 0 aliphatic carbocycles. The van der Waals surface area contributed by atoms with Crippen molar-refractivity contribution in [3.8, 4) is 6.07 Å². The first-order valence-corrected chi connectivity index (χ1v) is 5.25. The zero-order chi connectivity index (χ0) is 11.6. The van der Waals surface area contributed by atoms with Crippen LogP contribution < -0.4 is 0 Å². The monoisotopic (exact) mass is 227 g/mol. The third-order valence-corrected chi connectivity index (χ3v) is 3.55. The zero-order valence-electron chi connectivity index (χ0n) is 8.18. The van der Waals surface area contributed by atoms with Crippen molar-refractivity contribution < 1.29 is 17.4 Å². The van der Waals surface area contributed by atoms with Gasteiger partial charge in [-0.15, -0.1) is 0 Å². The molecule has 0 heterocycles. The van der Waals surface area contributed by atoms with E-state index in [9.17, 15) is 17.4 Å². The first kappa shape index (κ1) is 13.4. The zero-order valence-corrected chi connectivity index (χ0v) is 9.00. The molecule has 6 heteroatoms. The van der Waals surface area contributed by atoms with Gasteiger partial charge in [0.1, 0.15) is 0 Å². The molecule has 0 saturated heterocycles. The van der Waals surface area contributed by atoms with Gasteiger partial charge in [0.05, 0.1) is 6.07 Å². The van der Waals surface area contributed by atoms with Crippen LogP contribution in [0.2, 0.25) is 0 Å². The number of rotatable bonds is 2. The molecule has 0 amide bonds. The predicted octanol–water partition coefficient (Wildman–Crippen LogP) is 2.24. The Bertz CT molecular complexity index is 261. The van der Waals surface area contributed by atoms with Gasteiger partial charge in [0.2, 0.25) is 0 Å². The fourth-order valence-corrected chi connectivity index (χ4v) is 1.67. The molecular formula is C8H12F3NOS. The average Bonchev–Trinajstić information content (AvgIpc) is 1.95. The second-order valence-electron chi connectivity index (χ2n) is 3.85. The third-order valence-electron chi connectivity index (χ3n) is 1.55. The molecule has 82 valence electrons. The number of halogens is 3. The Kier molecular flexibility index (Phi) is 4.13. The molecule has 0 aromatic carbocycles. The molecule has 0 aliphatic heterocycles. The van der Waals surface area contributed by atoms with E-state index in [4.69, 9.17) is 5.26 Å². The van der Waals surface area contributed by atoms with Crippen LogP contribution in [-0.2, 0) is 10.8 Å². The Labute approximate surface area is 83.6 Å². The van der Waals surface area contributed by atoms with Crippen molar-refractivity contribution in [3.05, 3.63) is 0 Å². The molecule has 2 atom stereocenters. The second-order valence-corrected chi connectivity index (χ2v) is 6.10. The largest absolute Gasteiger partial charge is 0.405 e. The highest BCUT2D eigenvalue weighted by Crippen LogP contribution is 2.28. The fraction of sp³-hybridized carbons (Fsp3) is 0.875. The Morgan fingerprint density at radius 3 is 2.00 bits per heavy atom. The molecule has 14 heavy (non-hydrogen) atoms. The van der Waals surface area contributed by atoms with Crippen molar-refractivity contribution in [3.63, 3.8) is 0 Å². The highest BCUT2D eigenvalue weighted by atomic mass is 32.2. The maximum Gasteiger partial charge on any atom is 0.405 e. The van der Waals surface area contributed by atoms with Crippen LogP contribution in [0.5, 0.6) is 0 Å². The summed E-state index contributed by atoms with van der Waals surface area (Å²) in [4.78, 5) is 0. The van der Waals surface area contributed by atoms with Crippen molar-refractivity contribution in [2.75, 3.05) is 5.75 Å². The first-order chi connectivity index (χ1) is 6.09. The maximum atomic E-state index is 12.1. The molecule has 2 nitrogen and oxygen atoms in total. The Morgan fingerprint density at radius 1 is 1.36 bits per heavy atom. The topological polar surface area (TPSA) is 40.9 Å². The Hall–Kier alpha value is -0.570. The summed E-state index contributed by atoms with van der Waals surface area (Å²) in [6.07, 6.45) is -4.59. The van der Waals surface area contributed by atoms with Gasteiger partial charge in [-0.05, 0) is 20.8 Å². The highest BCUT2D eigenvalue weighted by Gasteiger charge is 2.42. The van der Waals surface area contributed by atoms with Crippen molar-refractivity contribution in [2.24, 2.45) is 5.92 Å². The smallest absolute Gasteiger partial charge is 0.259 e. The highest BCUT2D eigenvalue weighted by molar-refractivity contribution is 7.86. The average molecular weight is 227 g/mol. The van der Waals surface area contributed by atoms with Gasteiger partial charge < -0.3 is 0 Å². The van der Waals surface area contributed by atoms with Gasteiger partial charge in [0.25, 0.3) is 0 Å². The van der Waals surface area contributed by atoms with E-state index >= 15 is 0 Å². The number of hydrogen-bond donors (Lipinski definition) is 0. The van der Waals surface area contributed by atoms with Gasteiger partial charge in [-0.1, -0.05) is 0 Å². The summed E-state index contributed by atoms with van der Waals surface area (Å²) in [5.74, 6) is -2.79. The molecule has 0 aromatic heterocycles. The van der Waals surface area contributed by atoms with Crippen LogP contribution in [0.1, 0.15) is 20.8 Å². The van der Waals surface area contributed by atoms with Crippen LogP contribution >= 0.6 is 0 Å². The van der Waals surface area contributed by atoms with Crippen LogP contribution in [-0.4, -0.2) is 20.9 Å². The summed E-state index contributed by atoms with van der Waals surface area (Å²) in [6.45, 7) is 4.73. The molecule has 0 N–H and O–H groups in total. The molecule has 0 spiro atoms. The van der Waals surface area contributed by atoms with E-state index in [-0.39, 0.29) is 0 Å². The minimum atomic E-state index is -4.59. The number of nitrogens with zero attached hydrogens (tertiary/aromatic N) is 1. The van der Waals surface area contributed by atoms with E-state index in [0.717, 1.165) is 6.07 Å². The van der Waals surface area contributed by atoms with E-state index in [1.54, 1.807) is 20.8 Å². The lowest BCUT2D eigenvalue weighted by molar-refractivity contribution is -0.153. The summed E-state index contributed by atoms with van der Waals surface area (Å²) >= 11 is 0. The quantitative estimate of drug-likeness (QED) is 0.725. The van der Waals surface area contributed by atoms with Crippen LogP contribution in [0.4, 0.5) is 13.2 Å². The molecule has 0 bridgehead atoms. The van der Waals surface area contributed by atoms with Crippen molar-refractivity contribution in [1.82, 2.24) is 0 Å². The van der Waals surface area contributed by atoms with Crippen molar-refractivity contribution in [2.45, 2.75) is 31.7 Å². The van der Waals surface area contributed by atoms with Gasteiger partial charge in [-0.3, -0.25) is 4.21 Å². The molecular weight excluding hydrogens is 215 g/mol. The lowest BCUT2D eigenvalue weighted by atomic mass is 10.2. The van der Waals surface area contributed by atoms with E-state index in [0.29, 0.717) is 0 Å².